The first-order valence-corrected chi connectivity index (χ1v) is 4.51. The van der Waals surface area contributed by atoms with Crippen LogP contribution in [0.25, 0.3) is 0 Å². The van der Waals surface area contributed by atoms with Crippen molar-refractivity contribution < 1.29 is 18.3 Å². The van der Waals surface area contributed by atoms with Crippen LogP contribution in [0.2, 0.25) is 0 Å². The number of benzene rings is 1. The van der Waals surface area contributed by atoms with Gasteiger partial charge in [0.25, 0.3) is 0 Å². The number of aromatic hydroxyl groups is 1. The molecule has 0 aliphatic heterocycles. The third-order valence-electron chi connectivity index (χ3n) is 2.14. The number of hydrogen-bond acceptors (Lipinski definition) is 2. The van der Waals surface area contributed by atoms with E-state index in [0.717, 1.165) is 6.07 Å². The Labute approximate surface area is 85.5 Å². The van der Waals surface area contributed by atoms with Crippen molar-refractivity contribution in [2.75, 3.05) is 0 Å². The largest absolute Gasteiger partial charge is 0.508 e. The number of alkyl halides is 3. The molecule has 0 heterocycles. The highest BCUT2D eigenvalue weighted by Crippen LogP contribution is 2.33. The van der Waals surface area contributed by atoms with E-state index in [0.29, 0.717) is 18.1 Å². The number of phenolic OH excluding ortho intramolecular Hbond substituents is 1. The monoisotopic (exact) mass is 219 g/mol. The summed E-state index contributed by atoms with van der Waals surface area (Å²) in [5.41, 5.74) is 5.02. The zero-order chi connectivity index (χ0) is 11.6. The van der Waals surface area contributed by atoms with Gasteiger partial charge in [-0.25, -0.2) is 0 Å². The predicted octanol–water partition coefficient (Wildman–Crippen LogP) is 2.82. The summed E-state index contributed by atoms with van der Waals surface area (Å²) in [6, 6.07) is 2.42. The Morgan fingerprint density at radius 2 is 1.93 bits per heavy atom. The van der Waals surface area contributed by atoms with E-state index in [1.54, 1.807) is 6.92 Å². The minimum Gasteiger partial charge on any atom is -0.508 e. The summed E-state index contributed by atoms with van der Waals surface area (Å²) in [5, 5.41) is 9.15. The van der Waals surface area contributed by atoms with E-state index in [2.05, 4.69) is 0 Å². The number of rotatable bonds is 2. The minimum atomic E-state index is -4.46. The van der Waals surface area contributed by atoms with E-state index in [-0.39, 0.29) is 0 Å². The van der Waals surface area contributed by atoms with Gasteiger partial charge >= 0.3 is 6.18 Å². The maximum absolute atomic E-state index is 12.4. The van der Waals surface area contributed by atoms with E-state index < -0.39 is 23.5 Å². The second-order valence-electron chi connectivity index (χ2n) is 3.33. The molecular weight excluding hydrogens is 207 g/mol. The molecule has 0 saturated heterocycles. The first kappa shape index (κ1) is 11.8. The van der Waals surface area contributed by atoms with Crippen molar-refractivity contribution in [3.8, 4) is 5.75 Å². The van der Waals surface area contributed by atoms with Gasteiger partial charge in [-0.3, -0.25) is 0 Å². The zero-order valence-corrected chi connectivity index (χ0v) is 8.17. The summed E-state index contributed by atoms with van der Waals surface area (Å²) in [6.45, 7) is 1.77. The van der Waals surface area contributed by atoms with Gasteiger partial charge < -0.3 is 10.8 Å². The van der Waals surface area contributed by atoms with E-state index in [1.165, 1.54) is 6.07 Å². The van der Waals surface area contributed by atoms with Crippen LogP contribution < -0.4 is 5.73 Å². The van der Waals surface area contributed by atoms with Gasteiger partial charge in [-0.05, 0) is 30.2 Å². The molecule has 0 fully saturated rings. The van der Waals surface area contributed by atoms with E-state index in [4.69, 9.17) is 10.8 Å². The summed E-state index contributed by atoms with van der Waals surface area (Å²) in [5.74, 6) is -0.413. The van der Waals surface area contributed by atoms with Gasteiger partial charge in [-0.15, -0.1) is 0 Å². The predicted molar refractivity (Wildman–Crippen MR) is 50.3 cm³/mol. The van der Waals surface area contributed by atoms with Gasteiger partial charge in [0, 0.05) is 6.04 Å². The van der Waals surface area contributed by atoms with Gasteiger partial charge in [0.15, 0.2) is 0 Å². The van der Waals surface area contributed by atoms with Crippen molar-refractivity contribution in [3.63, 3.8) is 0 Å². The summed E-state index contributed by atoms with van der Waals surface area (Å²) in [4.78, 5) is 0. The fourth-order valence-corrected chi connectivity index (χ4v) is 1.25. The fraction of sp³-hybridized carbons (Fsp3) is 0.400. The van der Waals surface area contributed by atoms with Crippen LogP contribution in [0.5, 0.6) is 5.75 Å². The molecule has 0 saturated carbocycles. The molecule has 84 valence electrons. The Balaban J connectivity index is 3.17. The van der Waals surface area contributed by atoms with Gasteiger partial charge in [0.05, 0.1) is 5.56 Å². The van der Waals surface area contributed by atoms with Crippen LogP contribution in [-0.4, -0.2) is 5.11 Å². The summed E-state index contributed by atoms with van der Waals surface area (Å²) < 4.78 is 37.1. The zero-order valence-electron chi connectivity index (χ0n) is 8.17. The lowest BCUT2D eigenvalue weighted by Gasteiger charge is -2.13. The normalized spacial score (nSPS) is 13.9. The highest BCUT2D eigenvalue weighted by atomic mass is 19.4. The van der Waals surface area contributed by atoms with Crippen molar-refractivity contribution in [3.05, 3.63) is 29.3 Å². The second-order valence-corrected chi connectivity index (χ2v) is 3.33. The lowest BCUT2D eigenvalue weighted by molar-refractivity contribution is -0.137. The van der Waals surface area contributed by atoms with Crippen molar-refractivity contribution in [2.24, 2.45) is 5.73 Å². The van der Waals surface area contributed by atoms with Gasteiger partial charge in [-0.1, -0.05) is 6.92 Å². The summed E-state index contributed by atoms with van der Waals surface area (Å²) in [7, 11) is 0. The second kappa shape index (κ2) is 4.10. The average molecular weight is 219 g/mol. The summed E-state index contributed by atoms with van der Waals surface area (Å²) in [6.07, 6.45) is -3.94. The van der Waals surface area contributed by atoms with Crippen LogP contribution in [-0.2, 0) is 6.18 Å². The number of halogens is 3. The Bertz CT molecular complexity index is 349. The first-order valence-electron chi connectivity index (χ1n) is 4.51. The molecule has 2 nitrogen and oxygen atoms in total. The molecule has 15 heavy (non-hydrogen) atoms. The molecule has 1 rings (SSSR count). The topological polar surface area (TPSA) is 46.2 Å². The fourth-order valence-electron chi connectivity index (χ4n) is 1.25. The maximum atomic E-state index is 12.4. The number of hydrogen-bond donors (Lipinski definition) is 2. The third kappa shape index (κ3) is 2.86. The van der Waals surface area contributed by atoms with Crippen LogP contribution in [0.15, 0.2) is 18.2 Å². The Morgan fingerprint density at radius 3 is 2.40 bits per heavy atom. The van der Waals surface area contributed by atoms with Crippen molar-refractivity contribution >= 4 is 0 Å². The highest BCUT2D eigenvalue weighted by molar-refractivity contribution is 5.36. The number of nitrogens with two attached hydrogens (primary N) is 1. The lowest BCUT2D eigenvalue weighted by Crippen LogP contribution is -2.11. The molecule has 0 aromatic heterocycles. The average Bonchev–Trinajstić information content (AvgIpc) is 2.14. The molecule has 5 heteroatoms. The molecule has 0 aliphatic carbocycles. The molecule has 0 amide bonds. The van der Waals surface area contributed by atoms with Crippen LogP contribution >= 0.6 is 0 Å². The Morgan fingerprint density at radius 1 is 1.33 bits per heavy atom. The lowest BCUT2D eigenvalue weighted by atomic mass is 10.0. The van der Waals surface area contributed by atoms with Gasteiger partial charge in [0.1, 0.15) is 5.75 Å². The SMILES string of the molecule is CCC(N)c1cc(O)cc(C(F)(F)F)c1. The van der Waals surface area contributed by atoms with Crippen LogP contribution in [0, 0.1) is 0 Å². The quantitative estimate of drug-likeness (QED) is 0.803. The van der Waals surface area contributed by atoms with Crippen molar-refractivity contribution in [2.45, 2.75) is 25.6 Å². The molecule has 1 unspecified atom stereocenters. The van der Waals surface area contributed by atoms with E-state index in [9.17, 15) is 13.2 Å². The van der Waals surface area contributed by atoms with Crippen molar-refractivity contribution in [1.29, 1.82) is 0 Å². The van der Waals surface area contributed by atoms with E-state index >= 15 is 0 Å². The van der Waals surface area contributed by atoms with Gasteiger partial charge in [-0.2, -0.15) is 13.2 Å². The summed E-state index contributed by atoms with van der Waals surface area (Å²) >= 11 is 0. The third-order valence-corrected chi connectivity index (χ3v) is 2.14. The first-order chi connectivity index (χ1) is 6.84. The molecule has 0 radical (unpaired) electrons. The molecule has 0 spiro atoms. The molecule has 0 bridgehead atoms. The van der Waals surface area contributed by atoms with Crippen molar-refractivity contribution in [1.82, 2.24) is 0 Å². The highest BCUT2D eigenvalue weighted by Gasteiger charge is 2.31. The van der Waals surface area contributed by atoms with Gasteiger partial charge in [0.2, 0.25) is 0 Å². The van der Waals surface area contributed by atoms with Crippen LogP contribution in [0.1, 0.15) is 30.5 Å². The Hall–Kier alpha value is -1.23. The molecular formula is C10H12F3NO. The minimum absolute atomic E-state index is 0.296. The molecule has 0 aliphatic rings. The molecule has 1 aromatic rings. The molecule has 1 aromatic carbocycles. The number of phenols is 1. The maximum Gasteiger partial charge on any atom is 0.416 e. The van der Waals surface area contributed by atoms with Crippen LogP contribution in [0.4, 0.5) is 13.2 Å². The standard InChI is InChI=1S/C10H12F3NO/c1-2-9(14)6-3-7(10(11,12)13)5-8(15)4-6/h3-5,9,15H,2,14H2,1H3. The van der Waals surface area contributed by atoms with E-state index in [1.807, 2.05) is 0 Å². The van der Waals surface area contributed by atoms with Crippen LogP contribution in [0.3, 0.4) is 0 Å². The smallest absolute Gasteiger partial charge is 0.416 e. The molecule has 1 atom stereocenters. The molecule has 3 N–H and O–H groups in total. The Kier molecular flexibility index (Phi) is 3.24.